The first-order chi connectivity index (χ1) is 3.43. The summed E-state index contributed by atoms with van der Waals surface area (Å²) < 4.78 is 4.86. The van der Waals surface area contributed by atoms with Crippen molar-refractivity contribution < 1.29 is 4.74 Å². The van der Waals surface area contributed by atoms with E-state index in [2.05, 4.69) is 6.07 Å². The Morgan fingerprint density at radius 2 is 2.57 bits per heavy atom. The smallest absolute Gasteiger partial charge is 0.0819 e. The van der Waals surface area contributed by atoms with Crippen molar-refractivity contribution in [3.05, 3.63) is 0 Å². The van der Waals surface area contributed by atoms with E-state index in [1.54, 1.807) is 0 Å². The standard InChI is InChI=1S/C5H7NO/c6-3-1-2-5-4-7-5/h5H,1-2,4H2/t5-/m1/s1. The van der Waals surface area contributed by atoms with Crippen LogP contribution in [-0.2, 0) is 4.74 Å². The van der Waals surface area contributed by atoms with Crippen LogP contribution in [0.2, 0.25) is 0 Å². The lowest BCUT2D eigenvalue weighted by atomic mass is 10.3. The molecular formula is C5H7NO. The van der Waals surface area contributed by atoms with Gasteiger partial charge in [0.25, 0.3) is 0 Å². The Bertz CT molecular complexity index is 90.7. The topological polar surface area (TPSA) is 36.3 Å². The van der Waals surface area contributed by atoms with Crippen molar-refractivity contribution >= 4 is 0 Å². The Hall–Kier alpha value is -0.550. The van der Waals surface area contributed by atoms with Crippen molar-refractivity contribution in [2.75, 3.05) is 6.61 Å². The van der Waals surface area contributed by atoms with Crippen molar-refractivity contribution in [3.63, 3.8) is 0 Å². The van der Waals surface area contributed by atoms with Crippen LogP contribution in [0, 0.1) is 11.3 Å². The maximum absolute atomic E-state index is 8.04. The van der Waals surface area contributed by atoms with Gasteiger partial charge in [-0.05, 0) is 6.42 Å². The molecule has 0 saturated carbocycles. The minimum atomic E-state index is 0.430. The van der Waals surface area contributed by atoms with E-state index in [1.807, 2.05) is 0 Å². The van der Waals surface area contributed by atoms with Crippen LogP contribution in [0.3, 0.4) is 0 Å². The van der Waals surface area contributed by atoms with Gasteiger partial charge in [-0.3, -0.25) is 0 Å². The summed E-state index contributed by atoms with van der Waals surface area (Å²) in [7, 11) is 0. The Balaban J connectivity index is 1.91. The molecule has 2 nitrogen and oxygen atoms in total. The monoisotopic (exact) mass is 97.1 g/mol. The van der Waals surface area contributed by atoms with Crippen LogP contribution in [0.15, 0.2) is 0 Å². The molecule has 0 amide bonds. The van der Waals surface area contributed by atoms with Crippen LogP contribution in [0.1, 0.15) is 12.8 Å². The first kappa shape index (κ1) is 4.61. The van der Waals surface area contributed by atoms with E-state index in [0.29, 0.717) is 12.5 Å². The average Bonchev–Trinajstić information content (AvgIpc) is 2.42. The summed E-state index contributed by atoms with van der Waals surface area (Å²) in [6.07, 6.45) is 2.00. The second-order valence-electron chi connectivity index (χ2n) is 1.65. The van der Waals surface area contributed by atoms with Gasteiger partial charge < -0.3 is 4.74 Å². The van der Waals surface area contributed by atoms with Crippen molar-refractivity contribution in [3.8, 4) is 6.07 Å². The second kappa shape index (κ2) is 1.94. The molecule has 38 valence electrons. The molecule has 1 heterocycles. The van der Waals surface area contributed by atoms with Gasteiger partial charge in [-0.1, -0.05) is 0 Å². The lowest BCUT2D eigenvalue weighted by Gasteiger charge is -1.78. The summed E-state index contributed by atoms with van der Waals surface area (Å²) in [6, 6.07) is 2.06. The van der Waals surface area contributed by atoms with Crippen LogP contribution < -0.4 is 0 Å². The predicted octanol–water partition coefficient (Wildman–Crippen LogP) is 0.689. The number of ether oxygens (including phenoxy) is 1. The highest BCUT2D eigenvalue weighted by molar-refractivity contribution is 4.77. The highest BCUT2D eigenvalue weighted by atomic mass is 16.6. The molecule has 7 heavy (non-hydrogen) atoms. The summed E-state index contributed by atoms with van der Waals surface area (Å²) >= 11 is 0. The fourth-order valence-corrected chi connectivity index (χ4v) is 0.460. The molecule has 1 saturated heterocycles. The first-order valence-electron chi connectivity index (χ1n) is 2.42. The normalized spacial score (nSPS) is 26.4. The van der Waals surface area contributed by atoms with E-state index in [0.717, 1.165) is 13.0 Å². The quantitative estimate of drug-likeness (QED) is 0.475. The molecule has 1 aliphatic heterocycles. The van der Waals surface area contributed by atoms with Gasteiger partial charge in [0.05, 0.1) is 18.8 Å². The summed E-state index contributed by atoms with van der Waals surface area (Å²) in [5.74, 6) is 0. The van der Waals surface area contributed by atoms with Gasteiger partial charge in [-0.2, -0.15) is 5.26 Å². The minimum absolute atomic E-state index is 0.430. The fourth-order valence-electron chi connectivity index (χ4n) is 0.460. The molecule has 1 rings (SSSR count). The molecule has 0 unspecified atom stereocenters. The van der Waals surface area contributed by atoms with Gasteiger partial charge in [-0.25, -0.2) is 0 Å². The number of nitrogens with zero attached hydrogens (tertiary/aromatic N) is 1. The Morgan fingerprint density at radius 3 is 3.00 bits per heavy atom. The highest BCUT2D eigenvalue weighted by Crippen LogP contribution is 2.14. The van der Waals surface area contributed by atoms with Crippen LogP contribution in [-0.4, -0.2) is 12.7 Å². The third-order valence-corrected chi connectivity index (χ3v) is 0.980. The number of nitriles is 1. The molecule has 0 spiro atoms. The third-order valence-electron chi connectivity index (χ3n) is 0.980. The van der Waals surface area contributed by atoms with Gasteiger partial charge in [-0.15, -0.1) is 0 Å². The zero-order valence-corrected chi connectivity index (χ0v) is 4.05. The Morgan fingerprint density at radius 1 is 1.86 bits per heavy atom. The van der Waals surface area contributed by atoms with E-state index in [9.17, 15) is 0 Å². The molecule has 1 atom stereocenters. The molecule has 0 aromatic rings. The second-order valence-corrected chi connectivity index (χ2v) is 1.65. The molecular weight excluding hydrogens is 90.1 g/mol. The largest absolute Gasteiger partial charge is 0.373 e. The third kappa shape index (κ3) is 1.56. The molecule has 0 aromatic carbocycles. The SMILES string of the molecule is N#CCC[C@@H]1CO1. The van der Waals surface area contributed by atoms with Gasteiger partial charge in [0.2, 0.25) is 0 Å². The van der Waals surface area contributed by atoms with Crippen molar-refractivity contribution in [1.29, 1.82) is 5.26 Å². The zero-order valence-electron chi connectivity index (χ0n) is 4.05. The van der Waals surface area contributed by atoms with E-state index in [4.69, 9.17) is 10.00 Å². The van der Waals surface area contributed by atoms with E-state index < -0.39 is 0 Å². The minimum Gasteiger partial charge on any atom is -0.373 e. The zero-order chi connectivity index (χ0) is 5.11. The molecule has 0 radical (unpaired) electrons. The van der Waals surface area contributed by atoms with E-state index >= 15 is 0 Å². The fraction of sp³-hybridized carbons (Fsp3) is 0.800. The summed E-state index contributed by atoms with van der Waals surface area (Å²) in [5, 5.41) is 8.04. The maximum Gasteiger partial charge on any atom is 0.0819 e. The summed E-state index contributed by atoms with van der Waals surface area (Å²) in [5.41, 5.74) is 0. The molecule has 0 aliphatic carbocycles. The highest BCUT2D eigenvalue weighted by Gasteiger charge is 2.20. The van der Waals surface area contributed by atoms with Crippen LogP contribution in [0.4, 0.5) is 0 Å². The average molecular weight is 97.1 g/mol. The molecule has 0 aromatic heterocycles. The van der Waals surface area contributed by atoms with Crippen molar-refractivity contribution in [2.24, 2.45) is 0 Å². The van der Waals surface area contributed by atoms with Crippen LogP contribution >= 0.6 is 0 Å². The summed E-state index contributed by atoms with van der Waals surface area (Å²) in [6.45, 7) is 0.877. The lowest BCUT2D eigenvalue weighted by molar-refractivity contribution is 0.398. The van der Waals surface area contributed by atoms with Crippen molar-refractivity contribution in [1.82, 2.24) is 0 Å². The molecule has 0 bridgehead atoms. The molecule has 1 fully saturated rings. The van der Waals surface area contributed by atoms with Gasteiger partial charge in [0.15, 0.2) is 0 Å². The van der Waals surface area contributed by atoms with Crippen LogP contribution in [0.25, 0.3) is 0 Å². The molecule has 1 aliphatic rings. The van der Waals surface area contributed by atoms with E-state index in [-0.39, 0.29) is 0 Å². The number of epoxide rings is 1. The number of hydrogen-bond donors (Lipinski definition) is 0. The lowest BCUT2D eigenvalue weighted by Crippen LogP contribution is -1.80. The predicted molar refractivity (Wildman–Crippen MR) is 24.6 cm³/mol. The number of hydrogen-bond acceptors (Lipinski definition) is 2. The van der Waals surface area contributed by atoms with Crippen molar-refractivity contribution in [2.45, 2.75) is 18.9 Å². The number of rotatable bonds is 2. The molecule has 0 N–H and O–H groups in total. The van der Waals surface area contributed by atoms with Gasteiger partial charge in [0.1, 0.15) is 0 Å². The van der Waals surface area contributed by atoms with E-state index in [1.165, 1.54) is 0 Å². The summed E-state index contributed by atoms with van der Waals surface area (Å²) in [4.78, 5) is 0. The molecule has 2 heteroatoms. The van der Waals surface area contributed by atoms with Crippen LogP contribution in [0.5, 0.6) is 0 Å². The Labute approximate surface area is 42.7 Å². The first-order valence-corrected chi connectivity index (χ1v) is 2.42. The maximum atomic E-state index is 8.04. The Kier molecular flexibility index (Phi) is 1.28. The van der Waals surface area contributed by atoms with Gasteiger partial charge >= 0.3 is 0 Å². The van der Waals surface area contributed by atoms with Gasteiger partial charge in [0, 0.05) is 6.42 Å².